The van der Waals surface area contributed by atoms with Gasteiger partial charge < -0.3 is 5.73 Å². The number of nitro groups is 1. The second kappa shape index (κ2) is 5.18. The first-order chi connectivity index (χ1) is 7.00. The number of halogens is 1. The van der Waals surface area contributed by atoms with Crippen molar-refractivity contribution < 1.29 is 4.92 Å². The minimum Gasteiger partial charge on any atom is -0.328 e. The number of nitrogens with two attached hydrogens (primary N) is 1. The van der Waals surface area contributed by atoms with E-state index in [1.807, 2.05) is 6.92 Å². The number of hydrogen-bond donors (Lipinski definition) is 1. The van der Waals surface area contributed by atoms with Gasteiger partial charge in [0, 0.05) is 22.8 Å². The van der Waals surface area contributed by atoms with Gasteiger partial charge in [0.2, 0.25) is 0 Å². The van der Waals surface area contributed by atoms with E-state index in [1.165, 1.54) is 6.07 Å². The summed E-state index contributed by atoms with van der Waals surface area (Å²) in [5.74, 6) is 0. The van der Waals surface area contributed by atoms with E-state index in [2.05, 4.69) is 20.9 Å². The Morgan fingerprint density at radius 2 is 2.40 bits per heavy atom. The fraction of sp³-hybridized carbons (Fsp3) is 0.444. The van der Waals surface area contributed by atoms with Crippen LogP contribution in [-0.4, -0.2) is 15.9 Å². The summed E-state index contributed by atoms with van der Waals surface area (Å²) in [5.41, 5.74) is 6.12. The molecule has 2 N–H and O–H groups in total. The maximum Gasteiger partial charge on any atom is 0.291 e. The molecule has 0 fully saturated rings. The van der Waals surface area contributed by atoms with Crippen LogP contribution < -0.4 is 5.73 Å². The molecule has 15 heavy (non-hydrogen) atoms. The van der Waals surface area contributed by atoms with Crippen LogP contribution in [0.3, 0.4) is 0 Å². The molecule has 1 atom stereocenters. The predicted octanol–water partition coefficient (Wildman–Crippen LogP) is 2.03. The maximum absolute atomic E-state index is 10.7. The first-order valence-electron chi connectivity index (χ1n) is 4.55. The van der Waals surface area contributed by atoms with Crippen LogP contribution in [0.25, 0.3) is 0 Å². The third-order valence-corrected chi connectivity index (χ3v) is 2.38. The molecule has 82 valence electrons. The largest absolute Gasteiger partial charge is 0.328 e. The average molecular weight is 274 g/mol. The number of hydrogen-bond acceptors (Lipinski definition) is 4. The molecule has 1 aromatic heterocycles. The third-order valence-electron chi connectivity index (χ3n) is 1.95. The van der Waals surface area contributed by atoms with E-state index < -0.39 is 4.92 Å². The van der Waals surface area contributed by atoms with Crippen LogP contribution in [0.5, 0.6) is 0 Å². The first-order valence-corrected chi connectivity index (χ1v) is 5.34. The highest BCUT2D eigenvalue weighted by Crippen LogP contribution is 2.22. The molecule has 0 aliphatic rings. The minimum absolute atomic E-state index is 0.0232. The van der Waals surface area contributed by atoms with E-state index in [0.717, 1.165) is 0 Å². The standard InChI is InChI=1S/C9H12BrN3O2/c1-6(11)2-3-8-9(13(14)15)4-7(10)5-12-8/h4-6H,2-3,11H2,1H3/t6-/m1/s1. The molecule has 0 spiro atoms. The number of rotatable bonds is 4. The molecule has 6 heteroatoms. The summed E-state index contributed by atoms with van der Waals surface area (Å²) in [6.07, 6.45) is 2.78. The number of aryl methyl sites for hydroxylation is 1. The van der Waals surface area contributed by atoms with Crippen LogP contribution in [0.2, 0.25) is 0 Å². The van der Waals surface area contributed by atoms with E-state index >= 15 is 0 Å². The zero-order valence-electron chi connectivity index (χ0n) is 8.31. The summed E-state index contributed by atoms with van der Waals surface area (Å²) in [6.45, 7) is 1.87. The Kier molecular flexibility index (Phi) is 4.16. The predicted molar refractivity (Wildman–Crippen MR) is 60.6 cm³/mol. The van der Waals surface area contributed by atoms with Gasteiger partial charge in [-0.05, 0) is 35.7 Å². The van der Waals surface area contributed by atoms with Crippen LogP contribution in [0, 0.1) is 10.1 Å². The van der Waals surface area contributed by atoms with Crippen molar-refractivity contribution in [3.8, 4) is 0 Å². The van der Waals surface area contributed by atoms with E-state index in [1.54, 1.807) is 6.20 Å². The summed E-state index contributed by atoms with van der Waals surface area (Å²) in [6, 6.07) is 1.49. The van der Waals surface area contributed by atoms with Gasteiger partial charge >= 0.3 is 0 Å². The van der Waals surface area contributed by atoms with Gasteiger partial charge in [0.1, 0.15) is 5.69 Å². The van der Waals surface area contributed by atoms with Crippen molar-refractivity contribution >= 4 is 21.6 Å². The molecule has 0 bridgehead atoms. The van der Waals surface area contributed by atoms with Gasteiger partial charge in [-0.1, -0.05) is 0 Å². The van der Waals surface area contributed by atoms with Crippen LogP contribution in [0.1, 0.15) is 19.0 Å². The molecule has 0 amide bonds. The fourth-order valence-corrected chi connectivity index (χ4v) is 1.49. The quantitative estimate of drug-likeness (QED) is 0.672. The summed E-state index contributed by atoms with van der Waals surface area (Å²) < 4.78 is 0.610. The lowest BCUT2D eigenvalue weighted by Gasteiger charge is -2.05. The Labute approximate surface area is 96.0 Å². The van der Waals surface area contributed by atoms with Crippen LogP contribution in [-0.2, 0) is 6.42 Å². The zero-order chi connectivity index (χ0) is 11.4. The monoisotopic (exact) mass is 273 g/mol. The van der Waals surface area contributed by atoms with Gasteiger partial charge in [0.15, 0.2) is 0 Å². The maximum atomic E-state index is 10.7. The Hall–Kier alpha value is -1.01. The molecule has 1 heterocycles. The Morgan fingerprint density at radius 1 is 1.73 bits per heavy atom. The fourth-order valence-electron chi connectivity index (χ4n) is 1.17. The zero-order valence-corrected chi connectivity index (χ0v) is 9.90. The van der Waals surface area contributed by atoms with E-state index in [-0.39, 0.29) is 11.7 Å². The van der Waals surface area contributed by atoms with Crippen LogP contribution in [0.15, 0.2) is 16.7 Å². The number of nitrogens with zero attached hydrogens (tertiary/aromatic N) is 2. The van der Waals surface area contributed by atoms with Gasteiger partial charge in [-0.3, -0.25) is 15.1 Å². The first kappa shape index (κ1) is 12.1. The number of aromatic nitrogens is 1. The van der Waals surface area contributed by atoms with Crippen LogP contribution in [0.4, 0.5) is 5.69 Å². The number of pyridine rings is 1. The van der Waals surface area contributed by atoms with E-state index in [4.69, 9.17) is 5.73 Å². The lowest BCUT2D eigenvalue weighted by atomic mass is 10.1. The van der Waals surface area contributed by atoms with Crippen molar-refractivity contribution in [2.75, 3.05) is 0 Å². The van der Waals surface area contributed by atoms with Crippen LogP contribution >= 0.6 is 15.9 Å². The molecule has 0 saturated heterocycles. The summed E-state index contributed by atoms with van der Waals surface area (Å²) >= 11 is 3.15. The van der Waals surface area contributed by atoms with Gasteiger partial charge in [-0.2, -0.15) is 0 Å². The molecule has 1 aromatic rings. The van der Waals surface area contributed by atoms with Crippen molar-refractivity contribution in [1.29, 1.82) is 0 Å². The second-order valence-electron chi connectivity index (χ2n) is 3.39. The van der Waals surface area contributed by atoms with Crippen molar-refractivity contribution in [2.24, 2.45) is 5.73 Å². The molecular formula is C9H12BrN3O2. The van der Waals surface area contributed by atoms with Gasteiger partial charge in [-0.15, -0.1) is 0 Å². The summed E-state index contributed by atoms with van der Waals surface area (Å²) in [7, 11) is 0. The lowest BCUT2D eigenvalue weighted by molar-refractivity contribution is -0.386. The molecule has 0 aliphatic heterocycles. The Balaban J connectivity index is 2.91. The lowest BCUT2D eigenvalue weighted by Crippen LogP contribution is -2.16. The highest BCUT2D eigenvalue weighted by molar-refractivity contribution is 9.10. The SMILES string of the molecule is C[C@@H](N)CCc1ncc(Br)cc1[N+](=O)[O-]. The Bertz CT molecular complexity index is 368. The minimum atomic E-state index is -0.422. The highest BCUT2D eigenvalue weighted by atomic mass is 79.9. The van der Waals surface area contributed by atoms with Gasteiger partial charge in [-0.25, -0.2) is 0 Å². The molecule has 0 aliphatic carbocycles. The average Bonchev–Trinajstić information content (AvgIpc) is 2.15. The van der Waals surface area contributed by atoms with Crippen molar-refractivity contribution in [2.45, 2.75) is 25.8 Å². The van der Waals surface area contributed by atoms with E-state index in [9.17, 15) is 10.1 Å². The third kappa shape index (κ3) is 3.56. The molecule has 0 aromatic carbocycles. The normalized spacial score (nSPS) is 12.5. The van der Waals surface area contributed by atoms with Crippen molar-refractivity contribution in [3.05, 3.63) is 32.5 Å². The molecule has 0 radical (unpaired) electrons. The molecule has 5 nitrogen and oxygen atoms in total. The smallest absolute Gasteiger partial charge is 0.291 e. The van der Waals surface area contributed by atoms with Crippen molar-refractivity contribution in [3.63, 3.8) is 0 Å². The van der Waals surface area contributed by atoms with Gasteiger partial charge in [0.05, 0.1) is 4.92 Å². The topological polar surface area (TPSA) is 82.0 Å². The summed E-state index contributed by atoms with van der Waals surface area (Å²) in [5, 5.41) is 10.7. The summed E-state index contributed by atoms with van der Waals surface area (Å²) in [4.78, 5) is 14.3. The Morgan fingerprint density at radius 3 is 2.93 bits per heavy atom. The second-order valence-corrected chi connectivity index (χ2v) is 4.31. The van der Waals surface area contributed by atoms with Gasteiger partial charge in [0.25, 0.3) is 5.69 Å². The van der Waals surface area contributed by atoms with Crippen molar-refractivity contribution in [1.82, 2.24) is 4.98 Å². The molecule has 0 unspecified atom stereocenters. The molecule has 1 rings (SSSR count). The highest BCUT2D eigenvalue weighted by Gasteiger charge is 2.15. The van der Waals surface area contributed by atoms with E-state index in [0.29, 0.717) is 23.0 Å². The molecular weight excluding hydrogens is 262 g/mol. The molecule has 0 saturated carbocycles.